The Bertz CT molecular complexity index is 582. The molecule has 0 unspecified atom stereocenters. The van der Waals surface area contributed by atoms with E-state index in [9.17, 15) is 0 Å². The van der Waals surface area contributed by atoms with E-state index in [1.165, 1.54) is 0 Å². The summed E-state index contributed by atoms with van der Waals surface area (Å²) in [7, 11) is 0. The summed E-state index contributed by atoms with van der Waals surface area (Å²) in [6.45, 7) is 2.09. The van der Waals surface area contributed by atoms with Crippen molar-refractivity contribution < 1.29 is 4.84 Å². The summed E-state index contributed by atoms with van der Waals surface area (Å²) in [4.78, 5) is 11.0. The van der Waals surface area contributed by atoms with Crippen molar-refractivity contribution in [3.8, 4) is 10.6 Å². The Morgan fingerprint density at radius 1 is 1.28 bits per heavy atom. The van der Waals surface area contributed by atoms with Crippen LogP contribution in [0.4, 0.5) is 0 Å². The summed E-state index contributed by atoms with van der Waals surface area (Å²) in [5.41, 5.74) is 1.14. The second-order valence-electron chi connectivity index (χ2n) is 4.16. The van der Waals surface area contributed by atoms with Crippen molar-refractivity contribution in [1.82, 2.24) is 4.98 Å². The van der Waals surface area contributed by atoms with Crippen LogP contribution in [0.3, 0.4) is 0 Å². The minimum atomic E-state index is -0.0191. The third-order valence-electron chi connectivity index (χ3n) is 2.91. The van der Waals surface area contributed by atoms with Crippen molar-refractivity contribution in [2.45, 2.75) is 13.0 Å². The molecule has 0 radical (unpaired) electrons. The maximum atomic E-state index is 5.42. The zero-order valence-electron chi connectivity index (χ0n) is 9.71. The number of benzene rings is 1. The molecular formula is C13H11BrN2OS. The van der Waals surface area contributed by atoms with E-state index in [2.05, 4.69) is 45.1 Å². The van der Waals surface area contributed by atoms with Crippen LogP contribution in [0.25, 0.3) is 10.6 Å². The van der Waals surface area contributed by atoms with E-state index >= 15 is 0 Å². The van der Waals surface area contributed by atoms with Crippen LogP contribution in [0.5, 0.6) is 0 Å². The molecule has 3 nitrogen and oxygen atoms in total. The molecule has 0 amide bonds. The molecule has 92 valence electrons. The number of hydrogen-bond donors (Lipinski definition) is 0. The zero-order valence-corrected chi connectivity index (χ0v) is 12.1. The Morgan fingerprint density at radius 3 is 2.72 bits per heavy atom. The van der Waals surface area contributed by atoms with E-state index in [4.69, 9.17) is 4.84 Å². The molecule has 0 spiro atoms. The van der Waals surface area contributed by atoms with Crippen LogP contribution in [-0.4, -0.2) is 9.60 Å². The average Bonchev–Trinajstić information content (AvgIpc) is 3.00. The van der Waals surface area contributed by atoms with Crippen LogP contribution < -0.4 is 0 Å². The first-order valence-corrected chi connectivity index (χ1v) is 7.27. The number of hydrogen-bond acceptors (Lipinski definition) is 4. The summed E-state index contributed by atoms with van der Waals surface area (Å²) >= 11 is 5.06. The lowest BCUT2D eigenvalue weighted by Crippen LogP contribution is -2.07. The zero-order chi connectivity index (χ0) is 12.5. The molecule has 1 aromatic carbocycles. The van der Waals surface area contributed by atoms with E-state index in [-0.39, 0.29) is 12.0 Å². The van der Waals surface area contributed by atoms with Crippen molar-refractivity contribution >= 4 is 31.9 Å². The fourth-order valence-electron chi connectivity index (χ4n) is 1.84. The van der Waals surface area contributed by atoms with Gasteiger partial charge in [-0.3, -0.25) is 0 Å². The molecule has 1 aliphatic rings. The Hall–Kier alpha value is -1.20. The van der Waals surface area contributed by atoms with E-state index in [1.807, 2.05) is 24.4 Å². The van der Waals surface area contributed by atoms with Gasteiger partial charge in [0.25, 0.3) is 0 Å². The summed E-state index contributed by atoms with van der Waals surface area (Å²) in [5, 5.41) is 4.99. The molecule has 0 saturated heterocycles. The first-order valence-electron chi connectivity index (χ1n) is 5.66. The van der Waals surface area contributed by atoms with Gasteiger partial charge in [-0.1, -0.05) is 42.4 Å². The van der Waals surface area contributed by atoms with Gasteiger partial charge in [-0.2, -0.15) is 0 Å². The van der Waals surface area contributed by atoms with Crippen LogP contribution in [0.1, 0.15) is 17.9 Å². The number of oxime groups is 1. The standard InChI is InChI=1S/C13H11BrN2OS/c1-8-11(17-16-12(8)14)10-7-15-13(18-10)9-5-3-2-4-6-9/h2-8,11H,1H3/t8-,11-/m1/s1. The second kappa shape index (κ2) is 4.82. The number of thiazole rings is 1. The second-order valence-corrected chi connectivity index (χ2v) is 6.04. The first-order chi connectivity index (χ1) is 8.75. The van der Waals surface area contributed by atoms with Crippen LogP contribution in [0.15, 0.2) is 41.7 Å². The predicted molar refractivity (Wildman–Crippen MR) is 76.9 cm³/mol. The summed E-state index contributed by atoms with van der Waals surface area (Å²) in [6.07, 6.45) is 1.87. The van der Waals surface area contributed by atoms with E-state index in [0.717, 1.165) is 20.1 Å². The SMILES string of the molecule is C[C@H]1C(Br)=NO[C@H]1c1cnc(-c2ccccc2)s1. The molecule has 3 rings (SSSR count). The van der Waals surface area contributed by atoms with Gasteiger partial charge in [-0.15, -0.1) is 11.3 Å². The number of rotatable bonds is 2. The fourth-order valence-corrected chi connectivity index (χ4v) is 3.21. The van der Waals surface area contributed by atoms with Gasteiger partial charge >= 0.3 is 0 Å². The minimum absolute atomic E-state index is 0.0191. The summed E-state index contributed by atoms with van der Waals surface area (Å²) < 4.78 is 0.863. The highest BCUT2D eigenvalue weighted by Crippen LogP contribution is 2.38. The molecule has 2 aromatic rings. The Morgan fingerprint density at radius 2 is 2.06 bits per heavy atom. The van der Waals surface area contributed by atoms with Crippen LogP contribution in [0, 0.1) is 5.92 Å². The van der Waals surface area contributed by atoms with Crippen molar-refractivity contribution in [2.75, 3.05) is 0 Å². The molecule has 0 bridgehead atoms. The lowest BCUT2D eigenvalue weighted by atomic mass is 10.1. The van der Waals surface area contributed by atoms with Gasteiger partial charge in [0, 0.05) is 11.8 Å². The molecule has 1 aliphatic heterocycles. The minimum Gasteiger partial charge on any atom is -0.385 e. The summed E-state index contributed by atoms with van der Waals surface area (Å²) in [5.74, 6) is 0.245. The highest BCUT2D eigenvalue weighted by molar-refractivity contribution is 9.18. The molecule has 18 heavy (non-hydrogen) atoms. The third-order valence-corrected chi connectivity index (χ3v) is 4.88. The van der Waals surface area contributed by atoms with Crippen LogP contribution in [-0.2, 0) is 4.84 Å². The molecular weight excluding hydrogens is 312 g/mol. The third kappa shape index (κ3) is 2.08. The molecule has 0 aliphatic carbocycles. The van der Waals surface area contributed by atoms with Crippen molar-refractivity contribution in [2.24, 2.45) is 11.1 Å². The van der Waals surface area contributed by atoms with Crippen LogP contribution in [0.2, 0.25) is 0 Å². The maximum Gasteiger partial charge on any atom is 0.171 e. The topological polar surface area (TPSA) is 34.5 Å². The normalized spacial score (nSPS) is 22.7. The van der Waals surface area contributed by atoms with Gasteiger partial charge in [-0.25, -0.2) is 4.98 Å². The smallest absolute Gasteiger partial charge is 0.171 e. The monoisotopic (exact) mass is 322 g/mol. The highest BCUT2D eigenvalue weighted by Gasteiger charge is 2.32. The van der Waals surface area contributed by atoms with E-state index in [1.54, 1.807) is 11.3 Å². The number of halogens is 1. The number of nitrogens with zero attached hydrogens (tertiary/aromatic N) is 2. The Labute approximate surface area is 118 Å². The number of aromatic nitrogens is 1. The Balaban J connectivity index is 1.87. The lowest BCUT2D eigenvalue weighted by Gasteiger charge is -2.09. The lowest BCUT2D eigenvalue weighted by molar-refractivity contribution is 0.0678. The van der Waals surface area contributed by atoms with Gasteiger partial charge in [0.15, 0.2) is 6.10 Å². The van der Waals surface area contributed by atoms with Gasteiger partial charge in [0.2, 0.25) is 0 Å². The van der Waals surface area contributed by atoms with Crippen molar-refractivity contribution in [1.29, 1.82) is 0 Å². The van der Waals surface area contributed by atoms with Crippen molar-refractivity contribution in [3.63, 3.8) is 0 Å². The molecule has 5 heteroatoms. The fraction of sp³-hybridized carbons (Fsp3) is 0.231. The highest BCUT2D eigenvalue weighted by atomic mass is 79.9. The molecule has 0 fully saturated rings. The van der Waals surface area contributed by atoms with Gasteiger partial charge in [0.05, 0.1) is 10.8 Å². The Kier molecular flexibility index (Phi) is 3.18. The predicted octanol–water partition coefficient (Wildman–Crippen LogP) is 4.23. The first kappa shape index (κ1) is 11.9. The van der Waals surface area contributed by atoms with Gasteiger partial charge in [0.1, 0.15) is 9.63 Å². The van der Waals surface area contributed by atoms with E-state index < -0.39 is 0 Å². The molecule has 0 N–H and O–H groups in total. The summed E-state index contributed by atoms with van der Waals surface area (Å²) in [6, 6.07) is 10.2. The van der Waals surface area contributed by atoms with Gasteiger partial charge < -0.3 is 4.84 Å². The van der Waals surface area contributed by atoms with Crippen LogP contribution >= 0.6 is 27.3 Å². The van der Waals surface area contributed by atoms with E-state index in [0.29, 0.717) is 0 Å². The molecule has 2 heterocycles. The molecule has 2 atom stereocenters. The average molecular weight is 323 g/mol. The van der Waals surface area contributed by atoms with Crippen molar-refractivity contribution in [3.05, 3.63) is 41.4 Å². The quantitative estimate of drug-likeness (QED) is 0.829. The molecule has 1 aromatic heterocycles. The maximum absolute atomic E-state index is 5.42. The largest absolute Gasteiger partial charge is 0.385 e. The van der Waals surface area contributed by atoms with Gasteiger partial charge in [-0.05, 0) is 15.9 Å². The molecule has 0 saturated carbocycles.